The van der Waals surface area contributed by atoms with Crippen molar-refractivity contribution in [2.24, 2.45) is 0 Å². The Balaban J connectivity index is 4.31. The number of esters is 3. The zero-order chi connectivity index (χ0) is 57.8. The Morgan fingerprint density at radius 1 is 0.263 bits per heavy atom. The molecule has 0 N–H and O–H groups in total. The summed E-state index contributed by atoms with van der Waals surface area (Å²) in [5, 5.41) is 0. The second-order valence-corrected chi connectivity index (χ2v) is 21.3. The summed E-state index contributed by atoms with van der Waals surface area (Å²) in [6.45, 7) is 6.45. The summed E-state index contributed by atoms with van der Waals surface area (Å²) in [6, 6.07) is 0. The van der Waals surface area contributed by atoms with Gasteiger partial charge in [-0.3, -0.25) is 14.4 Å². The minimum atomic E-state index is -0.800. The molecule has 0 amide bonds. The Kier molecular flexibility index (Phi) is 62.9. The van der Waals surface area contributed by atoms with Crippen LogP contribution in [0.15, 0.2) is 146 Å². The largest absolute Gasteiger partial charge is 0.462 e. The van der Waals surface area contributed by atoms with Crippen LogP contribution in [0.5, 0.6) is 0 Å². The Morgan fingerprint density at radius 2 is 0.500 bits per heavy atom. The maximum absolute atomic E-state index is 12.9. The molecule has 0 saturated carbocycles. The van der Waals surface area contributed by atoms with Crippen molar-refractivity contribution in [1.29, 1.82) is 0 Å². The highest BCUT2D eigenvalue weighted by Crippen LogP contribution is 2.15. The SMILES string of the molecule is CC/C=C\C/C=C\C/C=C\C/C=C\C/C=C\C/C=C\C/C=C\C/C=C\C/C=C\C/C=C\CCCCCCC(=O)OCC(COC(=O)CCCCCCCCCCCCCCC)OC(=O)CCCCCCC/C=C\C/C=C\CCCC. The molecule has 0 bridgehead atoms. The van der Waals surface area contributed by atoms with Gasteiger partial charge in [-0.25, -0.2) is 0 Å². The zero-order valence-electron chi connectivity index (χ0n) is 51.8. The molecule has 6 nitrogen and oxygen atoms in total. The minimum absolute atomic E-state index is 0.0934. The second-order valence-electron chi connectivity index (χ2n) is 21.3. The van der Waals surface area contributed by atoms with Crippen molar-refractivity contribution in [3.8, 4) is 0 Å². The van der Waals surface area contributed by atoms with Gasteiger partial charge in [0.05, 0.1) is 0 Å². The molecule has 0 aromatic carbocycles. The van der Waals surface area contributed by atoms with Gasteiger partial charge in [0.1, 0.15) is 13.2 Å². The molecule has 0 radical (unpaired) electrons. The summed E-state index contributed by atoms with van der Waals surface area (Å²) >= 11 is 0. The van der Waals surface area contributed by atoms with Gasteiger partial charge in [0.25, 0.3) is 0 Å². The first-order valence-corrected chi connectivity index (χ1v) is 32.8. The monoisotopic (exact) mass is 1100 g/mol. The summed E-state index contributed by atoms with van der Waals surface area (Å²) in [4.78, 5) is 38.2. The van der Waals surface area contributed by atoms with Crippen LogP contribution in [-0.2, 0) is 28.6 Å². The van der Waals surface area contributed by atoms with Gasteiger partial charge in [-0.2, -0.15) is 0 Å². The highest BCUT2D eigenvalue weighted by Gasteiger charge is 2.19. The van der Waals surface area contributed by atoms with E-state index in [1.54, 1.807) is 0 Å². The van der Waals surface area contributed by atoms with Crippen LogP contribution in [0.4, 0.5) is 0 Å². The third kappa shape index (κ3) is 64.1. The molecular weight excluding hydrogens is 985 g/mol. The predicted octanol–water partition coefficient (Wildman–Crippen LogP) is 22.7. The van der Waals surface area contributed by atoms with Crippen LogP contribution < -0.4 is 0 Å². The van der Waals surface area contributed by atoms with Gasteiger partial charge in [0.2, 0.25) is 0 Å². The molecule has 0 aliphatic rings. The first-order valence-electron chi connectivity index (χ1n) is 32.8. The van der Waals surface area contributed by atoms with Crippen LogP contribution in [0, 0.1) is 0 Å². The fraction of sp³-hybridized carbons (Fsp3) is 0.635. The topological polar surface area (TPSA) is 78.9 Å². The highest BCUT2D eigenvalue weighted by molar-refractivity contribution is 5.71. The fourth-order valence-electron chi connectivity index (χ4n) is 8.66. The van der Waals surface area contributed by atoms with E-state index < -0.39 is 6.10 Å². The van der Waals surface area contributed by atoms with E-state index in [0.717, 1.165) is 161 Å². The second kappa shape index (κ2) is 66.8. The molecule has 0 aromatic rings. The number of hydrogen-bond donors (Lipinski definition) is 0. The van der Waals surface area contributed by atoms with E-state index in [2.05, 4.69) is 167 Å². The molecule has 452 valence electrons. The lowest BCUT2D eigenvalue weighted by Crippen LogP contribution is -2.30. The number of ether oxygens (including phenoxy) is 3. The third-order valence-electron chi connectivity index (χ3n) is 13.6. The molecule has 0 spiro atoms. The summed E-state index contributed by atoms with van der Waals surface area (Å²) < 4.78 is 16.9. The lowest BCUT2D eigenvalue weighted by Gasteiger charge is -2.18. The number of carbonyl (C=O) groups excluding carboxylic acids is 3. The third-order valence-corrected chi connectivity index (χ3v) is 13.6. The van der Waals surface area contributed by atoms with Gasteiger partial charge < -0.3 is 14.2 Å². The summed E-state index contributed by atoms with van der Waals surface area (Å²) in [6.07, 6.45) is 95.7. The van der Waals surface area contributed by atoms with Gasteiger partial charge in [0, 0.05) is 19.3 Å². The number of hydrogen-bond acceptors (Lipinski definition) is 6. The van der Waals surface area contributed by atoms with Gasteiger partial charge in [-0.1, -0.05) is 289 Å². The van der Waals surface area contributed by atoms with Gasteiger partial charge in [-0.15, -0.1) is 0 Å². The van der Waals surface area contributed by atoms with Crippen LogP contribution in [-0.4, -0.2) is 37.2 Å². The Labute approximate surface area is 493 Å². The average Bonchev–Trinajstić information content (AvgIpc) is 3.46. The van der Waals surface area contributed by atoms with Gasteiger partial charge in [-0.05, 0) is 122 Å². The number of rotatable bonds is 58. The van der Waals surface area contributed by atoms with E-state index in [1.807, 2.05) is 0 Å². The average molecular weight is 1110 g/mol. The van der Waals surface area contributed by atoms with Crippen molar-refractivity contribution in [1.82, 2.24) is 0 Å². The first kappa shape index (κ1) is 75.3. The van der Waals surface area contributed by atoms with Crippen molar-refractivity contribution >= 4 is 17.9 Å². The fourth-order valence-corrected chi connectivity index (χ4v) is 8.66. The molecule has 1 atom stereocenters. The quantitative estimate of drug-likeness (QED) is 0.0261. The highest BCUT2D eigenvalue weighted by atomic mass is 16.6. The minimum Gasteiger partial charge on any atom is -0.462 e. The van der Waals surface area contributed by atoms with E-state index in [9.17, 15) is 14.4 Å². The summed E-state index contributed by atoms with van der Waals surface area (Å²) in [5.41, 5.74) is 0. The van der Waals surface area contributed by atoms with Gasteiger partial charge in [0.15, 0.2) is 6.10 Å². The Morgan fingerprint density at radius 3 is 0.800 bits per heavy atom. The van der Waals surface area contributed by atoms with Crippen molar-refractivity contribution < 1.29 is 28.6 Å². The summed E-state index contributed by atoms with van der Waals surface area (Å²) in [7, 11) is 0. The zero-order valence-corrected chi connectivity index (χ0v) is 51.8. The van der Waals surface area contributed by atoms with E-state index in [0.29, 0.717) is 19.3 Å². The van der Waals surface area contributed by atoms with E-state index in [-0.39, 0.29) is 31.1 Å². The van der Waals surface area contributed by atoms with Crippen LogP contribution in [0.3, 0.4) is 0 Å². The summed E-state index contributed by atoms with van der Waals surface area (Å²) in [5.74, 6) is -0.933. The van der Waals surface area contributed by atoms with Crippen molar-refractivity contribution in [3.05, 3.63) is 146 Å². The standard InChI is InChI=1S/C74H120O6/c1-4-7-10-13-16-19-22-25-27-28-29-30-31-32-33-34-35-36-37-38-39-40-41-42-43-44-45-46-47-50-52-55-58-61-64-67-73(76)79-70-71(69-78-72(75)66-63-60-57-54-51-48-24-21-18-15-12-9-6-3)80-74(77)68-65-62-59-56-53-49-26-23-20-17-14-11-8-5-2/h7,10,14,16-17,19,23,25-27,29-30,32-33,35-36,38-39,41-42,44-45,47,50,71H,4-6,8-9,11-13,15,18,20-22,24,28,31,34,37,40,43,46,48-49,51-70H2,1-3H3/b10-7-,17-14-,19-16-,26-23-,27-25-,30-29-,33-32-,36-35-,39-38-,42-41-,45-44-,50-47-. The van der Waals surface area contributed by atoms with Crippen molar-refractivity contribution in [2.45, 2.75) is 290 Å². The molecule has 0 heterocycles. The molecule has 80 heavy (non-hydrogen) atoms. The van der Waals surface area contributed by atoms with Crippen LogP contribution in [0.25, 0.3) is 0 Å². The van der Waals surface area contributed by atoms with Crippen molar-refractivity contribution in [3.63, 3.8) is 0 Å². The van der Waals surface area contributed by atoms with Crippen LogP contribution in [0.2, 0.25) is 0 Å². The number of unbranched alkanes of at least 4 members (excludes halogenated alkanes) is 23. The van der Waals surface area contributed by atoms with Gasteiger partial charge >= 0.3 is 17.9 Å². The van der Waals surface area contributed by atoms with E-state index in [4.69, 9.17) is 14.2 Å². The molecule has 0 rings (SSSR count). The molecule has 6 heteroatoms. The molecular formula is C74H120O6. The Bertz CT molecular complexity index is 1750. The molecule has 0 aliphatic heterocycles. The maximum atomic E-state index is 12.9. The Hall–Kier alpha value is -4.71. The van der Waals surface area contributed by atoms with Crippen molar-refractivity contribution in [2.75, 3.05) is 13.2 Å². The first-order chi connectivity index (χ1) is 39.5. The number of allylic oxidation sites excluding steroid dienone is 24. The van der Waals surface area contributed by atoms with E-state index >= 15 is 0 Å². The van der Waals surface area contributed by atoms with Crippen LogP contribution in [0.1, 0.15) is 284 Å². The normalized spacial score (nSPS) is 13.1. The molecule has 1 unspecified atom stereocenters. The lowest BCUT2D eigenvalue weighted by molar-refractivity contribution is -0.167. The lowest BCUT2D eigenvalue weighted by atomic mass is 10.0. The molecule has 0 aromatic heterocycles. The predicted molar refractivity (Wildman–Crippen MR) is 348 cm³/mol. The number of carbonyl (C=O) groups is 3. The maximum Gasteiger partial charge on any atom is 0.306 e. The molecule has 0 fully saturated rings. The smallest absolute Gasteiger partial charge is 0.306 e. The molecule has 0 saturated heterocycles. The van der Waals surface area contributed by atoms with Crippen LogP contribution >= 0.6 is 0 Å². The van der Waals surface area contributed by atoms with E-state index in [1.165, 1.54) is 83.5 Å². The molecule has 0 aliphatic carbocycles.